The Balaban J connectivity index is 1.61. The molecule has 1 aliphatic heterocycles. The lowest BCUT2D eigenvalue weighted by Crippen LogP contribution is -2.43. The molecule has 0 spiro atoms. The molecule has 1 aromatic heterocycles. The number of amides is 1. The molecule has 0 unspecified atom stereocenters. The summed E-state index contributed by atoms with van der Waals surface area (Å²) in [6.07, 6.45) is 5.66. The Hall–Kier alpha value is -2.40. The van der Waals surface area contributed by atoms with Crippen LogP contribution in [0.5, 0.6) is 5.75 Å². The van der Waals surface area contributed by atoms with E-state index >= 15 is 0 Å². The number of likely N-dealkylation sites (N-methyl/N-ethyl adjacent to an activating group) is 1. The highest BCUT2D eigenvalue weighted by molar-refractivity contribution is 5.77. The molecule has 0 radical (unpaired) electrons. The Bertz CT molecular complexity index is 695. The van der Waals surface area contributed by atoms with Crippen molar-refractivity contribution in [3.8, 4) is 16.9 Å². The van der Waals surface area contributed by atoms with Gasteiger partial charge in [-0.05, 0) is 36.6 Å². The lowest BCUT2D eigenvalue weighted by atomic mass is 10.0. The summed E-state index contributed by atoms with van der Waals surface area (Å²) in [5.41, 5.74) is 2.20. The summed E-state index contributed by atoms with van der Waals surface area (Å²) in [5.74, 6) is 1.07. The molecule has 25 heavy (non-hydrogen) atoms. The van der Waals surface area contributed by atoms with Crippen molar-refractivity contribution in [2.24, 2.45) is 0 Å². The summed E-state index contributed by atoms with van der Waals surface area (Å²) in [4.78, 5) is 19.8. The van der Waals surface area contributed by atoms with Gasteiger partial charge < -0.3 is 9.64 Å². The number of likely N-dealkylation sites (tertiary alicyclic amines) is 1. The standard InChI is InChI=1S/C20H25N3O2/c1-22(2)20(24)15-23-13-9-17(10-14-23)25-19-6-4-3-5-18(19)16-7-11-21-12-8-16/h3-8,11-12,17H,9-10,13-15H2,1-2H3. The summed E-state index contributed by atoms with van der Waals surface area (Å²) in [5, 5.41) is 0. The van der Waals surface area contributed by atoms with Crippen molar-refractivity contribution in [3.05, 3.63) is 48.8 Å². The second-order valence-electron chi connectivity index (χ2n) is 6.61. The summed E-state index contributed by atoms with van der Waals surface area (Å²) in [6.45, 7) is 2.27. The highest BCUT2D eigenvalue weighted by Crippen LogP contribution is 2.31. The molecule has 0 aliphatic carbocycles. The predicted octanol–water partition coefficient (Wildman–Crippen LogP) is 2.68. The molecule has 1 saturated heterocycles. The molecule has 1 amide bonds. The van der Waals surface area contributed by atoms with Gasteiger partial charge in [-0.25, -0.2) is 0 Å². The molecular formula is C20H25N3O2. The number of hydrogen-bond donors (Lipinski definition) is 0. The highest BCUT2D eigenvalue weighted by Gasteiger charge is 2.23. The van der Waals surface area contributed by atoms with E-state index in [2.05, 4.69) is 16.0 Å². The number of aromatic nitrogens is 1. The number of hydrogen-bond acceptors (Lipinski definition) is 4. The summed E-state index contributed by atoms with van der Waals surface area (Å²) >= 11 is 0. The van der Waals surface area contributed by atoms with Gasteiger partial charge in [-0.2, -0.15) is 0 Å². The van der Waals surface area contributed by atoms with Crippen LogP contribution in [0.15, 0.2) is 48.8 Å². The monoisotopic (exact) mass is 339 g/mol. The molecule has 5 heteroatoms. The van der Waals surface area contributed by atoms with Crippen LogP contribution in [0.25, 0.3) is 11.1 Å². The maximum atomic E-state index is 11.8. The number of pyridine rings is 1. The fraction of sp³-hybridized carbons (Fsp3) is 0.400. The van der Waals surface area contributed by atoms with Crippen molar-refractivity contribution >= 4 is 5.91 Å². The van der Waals surface area contributed by atoms with Gasteiger partial charge in [0.1, 0.15) is 11.9 Å². The molecule has 0 saturated carbocycles. The van der Waals surface area contributed by atoms with E-state index in [1.54, 1.807) is 31.4 Å². The predicted molar refractivity (Wildman–Crippen MR) is 98.5 cm³/mol. The van der Waals surface area contributed by atoms with Crippen molar-refractivity contribution in [1.29, 1.82) is 0 Å². The SMILES string of the molecule is CN(C)C(=O)CN1CCC(Oc2ccccc2-c2ccncc2)CC1. The van der Waals surface area contributed by atoms with E-state index in [-0.39, 0.29) is 12.0 Å². The Morgan fingerprint density at radius 2 is 1.84 bits per heavy atom. The minimum Gasteiger partial charge on any atom is -0.490 e. The first kappa shape index (κ1) is 17.4. The van der Waals surface area contributed by atoms with Gasteiger partial charge in [-0.3, -0.25) is 14.7 Å². The minimum absolute atomic E-state index is 0.155. The number of para-hydroxylation sites is 1. The fourth-order valence-electron chi connectivity index (χ4n) is 3.04. The smallest absolute Gasteiger partial charge is 0.236 e. The van der Waals surface area contributed by atoms with Gasteiger partial charge in [-0.1, -0.05) is 18.2 Å². The van der Waals surface area contributed by atoms with Crippen LogP contribution in [0.4, 0.5) is 0 Å². The third kappa shape index (κ3) is 4.57. The Kier molecular flexibility index (Phi) is 5.66. The van der Waals surface area contributed by atoms with Gasteiger partial charge in [0.2, 0.25) is 5.91 Å². The van der Waals surface area contributed by atoms with E-state index in [1.165, 1.54) is 0 Å². The van der Waals surface area contributed by atoms with Crippen LogP contribution in [0, 0.1) is 0 Å². The van der Waals surface area contributed by atoms with Gasteiger partial charge in [0.05, 0.1) is 6.54 Å². The van der Waals surface area contributed by atoms with Gasteiger partial charge in [0, 0.05) is 45.1 Å². The first-order valence-corrected chi connectivity index (χ1v) is 8.72. The zero-order chi connectivity index (χ0) is 17.6. The van der Waals surface area contributed by atoms with Crippen molar-refractivity contribution in [3.63, 3.8) is 0 Å². The zero-order valence-electron chi connectivity index (χ0n) is 14.9. The second-order valence-corrected chi connectivity index (χ2v) is 6.61. The average Bonchev–Trinajstić information content (AvgIpc) is 2.64. The van der Waals surface area contributed by atoms with Crippen LogP contribution in [-0.4, -0.2) is 60.5 Å². The van der Waals surface area contributed by atoms with Crippen molar-refractivity contribution in [2.75, 3.05) is 33.7 Å². The topological polar surface area (TPSA) is 45.7 Å². The van der Waals surface area contributed by atoms with Crippen LogP contribution in [0.2, 0.25) is 0 Å². The fourth-order valence-corrected chi connectivity index (χ4v) is 3.04. The number of piperidine rings is 1. The normalized spacial score (nSPS) is 15.8. The van der Waals surface area contributed by atoms with E-state index in [1.807, 2.05) is 30.3 Å². The number of nitrogens with zero attached hydrogens (tertiary/aromatic N) is 3. The second kappa shape index (κ2) is 8.12. The zero-order valence-corrected chi connectivity index (χ0v) is 14.9. The van der Waals surface area contributed by atoms with Gasteiger partial charge in [-0.15, -0.1) is 0 Å². The minimum atomic E-state index is 0.155. The lowest BCUT2D eigenvalue weighted by Gasteiger charge is -2.32. The van der Waals surface area contributed by atoms with E-state index < -0.39 is 0 Å². The van der Waals surface area contributed by atoms with Crippen LogP contribution < -0.4 is 4.74 Å². The number of benzene rings is 1. The first-order chi connectivity index (χ1) is 12.1. The quantitative estimate of drug-likeness (QED) is 0.840. The van der Waals surface area contributed by atoms with E-state index in [4.69, 9.17) is 4.74 Å². The van der Waals surface area contributed by atoms with Crippen molar-refractivity contribution < 1.29 is 9.53 Å². The van der Waals surface area contributed by atoms with E-state index in [0.29, 0.717) is 6.54 Å². The summed E-state index contributed by atoms with van der Waals surface area (Å²) < 4.78 is 6.30. The Morgan fingerprint density at radius 3 is 2.52 bits per heavy atom. The average molecular weight is 339 g/mol. The van der Waals surface area contributed by atoms with E-state index in [0.717, 1.165) is 42.8 Å². The number of carbonyl (C=O) groups excluding carboxylic acids is 1. The number of rotatable bonds is 5. The molecule has 132 valence electrons. The molecular weight excluding hydrogens is 314 g/mol. The molecule has 1 fully saturated rings. The molecule has 1 aliphatic rings. The third-order valence-electron chi connectivity index (χ3n) is 4.56. The molecule has 0 atom stereocenters. The van der Waals surface area contributed by atoms with Gasteiger partial charge in [0.25, 0.3) is 0 Å². The van der Waals surface area contributed by atoms with Crippen LogP contribution in [-0.2, 0) is 4.79 Å². The first-order valence-electron chi connectivity index (χ1n) is 8.72. The maximum absolute atomic E-state index is 11.8. The van der Waals surface area contributed by atoms with Crippen LogP contribution in [0.3, 0.4) is 0 Å². The van der Waals surface area contributed by atoms with Gasteiger partial charge in [0.15, 0.2) is 0 Å². The van der Waals surface area contributed by atoms with E-state index in [9.17, 15) is 4.79 Å². The number of ether oxygens (including phenoxy) is 1. The molecule has 0 N–H and O–H groups in total. The molecule has 5 nitrogen and oxygen atoms in total. The molecule has 0 bridgehead atoms. The Labute approximate surface area is 149 Å². The van der Waals surface area contributed by atoms with Gasteiger partial charge >= 0.3 is 0 Å². The van der Waals surface area contributed by atoms with Crippen molar-refractivity contribution in [1.82, 2.24) is 14.8 Å². The molecule has 2 heterocycles. The van der Waals surface area contributed by atoms with Crippen LogP contribution >= 0.6 is 0 Å². The largest absolute Gasteiger partial charge is 0.490 e. The lowest BCUT2D eigenvalue weighted by molar-refractivity contribution is -0.130. The van der Waals surface area contributed by atoms with Crippen molar-refractivity contribution in [2.45, 2.75) is 18.9 Å². The Morgan fingerprint density at radius 1 is 1.16 bits per heavy atom. The third-order valence-corrected chi connectivity index (χ3v) is 4.56. The maximum Gasteiger partial charge on any atom is 0.236 e. The summed E-state index contributed by atoms with van der Waals surface area (Å²) in [7, 11) is 3.60. The molecule has 1 aromatic carbocycles. The molecule has 3 rings (SSSR count). The number of carbonyl (C=O) groups is 1. The highest BCUT2D eigenvalue weighted by atomic mass is 16.5. The molecule has 2 aromatic rings. The summed E-state index contributed by atoms with van der Waals surface area (Å²) in [6, 6.07) is 12.1. The van der Waals surface area contributed by atoms with Crippen LogP contribution in [0.1, 0.15) is 12.8 Å².